The zero-order chi connectivity index (χ0) is 29.0. The summed E-state index contributed by atoms with van der Waals surface area (Å²) in [6.45, 7) is 2.79. The van der Waals surface area contributed by atoms with Crippen LogP contribution in [-0.4, -0.2) is 35.1 Å². The molecule has 6 heteroatoms. The summed E-state index contributed by atoms with van der Waals surface area (Å²) in [5, 5.41) is 34.9. The molecule has 0 saturated heterocycles. The van der Waals surface area contributed by atoms with Gasteiger partial charge in [-0.15, -0.1) is 0 Å². The van der Waals surface area contributed by atoms with Gasteiger partial charge in [-0.3, -0.25) is 0 Å². The minimum atomic E-state index is -0.764. The number of rotatable bonds is 6. The number of unbranched alkanes of at least 4 members (excludes halogenated alkanes) is 2. The van der Waals surface area contributed by atoms with E-state index < -0.39 is 12.2 Å². The van der Waals surface area contributed by atoms with Crippen molar-refractivity contribution in [3.05, 3.63) is 76.3 Å². The van der Waals surface area contributed by atoms with Crippen LogP contribution >= 0.6 is 0 Å². The van der Waals surface area contributed by atoms with Gasteiger partial charge in [0.15, 0.2) is 17.6 Å². The number of hydrogen-bond donors (Lipinski definition) is 3. The van der Waals surface area contributed by atoms with Crippen LogP contribution in [0.3, 0.4) is 0 Å². The Hall–Kier alpha value is -3.90. The summed E-state index contributed by atoms with van der Waals surface area (Å²) in [6.07, 6.45) is 5.96. The highest BCUT2D eigenvalue weighted by atomic mass is 16.5. The van der Waals surface area contributed by atoms with E-state index in [2.05, 4.69) is 13.0 Å². The number of phenolic OH excluding ortho intramolecular Hbond substituents is 2. The van der Waals surface area contributed by atoms with Gasteiger partial charge in [0.25, 0.3) is 0 Å². The first kappa shape index (κ1) is 27.0. The molecule has 3 atom stereocenters. The number of hydrogen-bond acceptors (Lipinski definition) is 6. The highest BCUT2D eigenvalue weighted by Crippen LogP contribution is 2.55. The molecule has 4 aromatic rings. The van der Waals surface area contributed by atoms with Crippen molar-refractivity contribution in [2.24, 2.45) is 0 Å². The zero-order valence-electron chi connectivity index (χ0n) is 24.3. The van der Waals surface area contributed by atoms with Gasteiger partial charge in [-0.25, -0.2) is 0 Å². The van der Waals surface area contributed by atoms with Gasteiger partial charge in [-0.2, -0.15) is 0 Å². The van der Waals surface area contributed by atoms with Crippen LogP contribution in [0.25, 0.3) is 21.9 Å². The lowest BCUT2D eigenvalue weighted by molar-refractivity contribution is 0.0193. The first-order chi connectivity index (χ1) is 20.5. The summed E-state index contributed by atoms with van der Waals surface area (Å²) < 4.78 is 18.6. The molecule has 3 aliphatic rings. The predicted octanol–water partition coefficient (Wildman–Crippen LogP) is 7.51. The van der Waals surface area contributed by atoms with Crippen molar-refractivity contribution in [1.82, 2.24) is 0 Å². The minimum absolute atomic E-state index is 0.127. The van der Waals surface area contributed by atoms with Crippen LogP contribution in [0.5, 0.6) is 28.7 Å². The zero-order valence-corrected chi connectivity index (χ0v) is 24.3. The van der Waals surface area contributed by atoms with Crippen molar-refractivity contribution in [2.45, 2.75) is 76.4 Å². The minimum Gasteiger partial charge on any atom is -0.507 e. The Kier molecular flexibility index (Phi) is 6.89. The molecule has 42 heavy (non-hydrogen) atoms. The van der Waals surface area contributed by atoms with Crippen LogP contribution in [0.2, 0.25) is 0 Å². The maximum Gasteiger partial charge on any atom is 0.164 e. The third-order valence-electron chi connectivity index (χ3n) is 9.42. The Morgan fingerprint density at radius 2 is 1.76 bits per heavy atom. The van der Waals surface area contributed by atoms with Gasteiger partial charge >= 0.3 is 0 Å². The maximum absolute atomic E-state index is 11.7. The van der Waals surface area contributed by atoms with E-state index in [-0.39, 0.29) is 11.7 Å². The number of aliphatic hydroxyl groups is 1. The summed E-state index contributed by atoms with van der Waals surface area (Å²) in [7, 11) is 1.70. The quantitative estimate of drug-likeness (QED) is 0.209. The fraction of sp³-hybridized carbons (Fsp3) is 0.389. The molecule has 0 fully saturated rings. The molecule has 3 N–H and O–H groups in total. The fourth-order valence-electron chi connectivity index (χ4n) is 7.54. The van der Waals surface area contributed by atoms with Crippen molar-refractivity contribution < 1.29 is 29.5 Å². The molecule has 0 amide bonds. The van der Waals surface area contributed by atoms with Crippen LogP contribution in [-0.2, 0) is 19.3 Å². The van der Waals surface area contributed by atoms with E-state index >= 15 is 0 Å². The summed E-state index contributed by atoms with van der Waals surface area (Å²) in [4.78, 5) is 0. The van der Waals surface area contributed by atoms with Gasteiger partial charge in [-0.1, -0.05) is 56.5 Å². The van der Waals surface area contributed by atoms with Crippen molar-refractivity contribution in [1.29, 1.82) is 0 Å². The third-order valence-corrected chi connectivity index (χ3v) is 9.42. The van der Waals surface area contributed by atoms with Gasteiger partial charge in [0.05, 0.1) is 19.8 Å². The standard InChI is InChI=1S/C36H38O6/c1-3-4-5-9-20-16-21-17-28(38)22-10-6-7-11-23(22)33(21)34-31(40-2)19-30-26(32(20)34)18-29(39)36(42-30)25-13-14-27(37)35-24(25)12-8-15-41-35/h6-7,10-11,13-14,17,19-20,29,36-39H,3-5,8-9,12,15-16,18H2,1-2H3/t20-,29+,36-/m0/s1. The molecule has 0 saturated carbocycles. The van der Waals surface area contributed by atoms with Crippen molar-refractivity contribution in [2.75, 3.05) is 13.7 Å². The first-order valence-corrected chi connectivity index (χ1v) is 15.3. The smallest absolute Gasteiger partial charge is 0.164 e. The molecule has 4 aromatic carbocycles. The number of aliphatic hydroxyl groups excluding tert-OH is 1. The number of ether oxygens (including phenoxy) is 3. The van der Waals surface area contributed by atoms with Crippen LogP contribution in [0.4, 0.5) is 0 Å². The highest BCUT2D eigenvalue weighted by Gasteiger charge is 2.39. The first-order valence-electron chi connectivity index (χ1n) is 15.3. The van der Waals surface area contributed by atoms with E-state index in [4.69, 9.17) is 14.2 Å². The van der Waals surface area contributed by atoms with Crippen LogP contribution in [0.1, 0.15) is 78.9 Å². The Bertz CT molecular complexity index is 1670. The van der Waals surface area contributed by atoms with Gasteiger partial charge in [0, 0.05) is 40.1 Å². The number of phenols is 2. The highest BCUT2D eigenvalue weighted by molar-refractivity contribution is 6.04. The summed E-state index contributed by atoms with van der Waals surface area (Å²) >= 11 is 0. The summed E-state index contributed by atoms with van der Waals surface area (Å²) in [6, 6.07) is 15.4. The second kappa shape index (κ2) is 10.7. The Labute approximate surface area is 246 Å². The molecule has 0 radical (unpaired) electrons. The van der Waals surface area contributed by atoms with Crippen LogP contribution in [0, 0.1) is 0 Å². The number of methoxy groups -OCH3 is 1. The van der Waals surface area contributed by atoms with Gasteiger partial charge < -0.3 is 29.5 Å². The Morgan fingerprint density at radius 1 is 0.929 bits per heavy atom. The molecule has 218 valence electrons. The van der Waals surface area contributed by atoms with E-state index in [0.29, 0.717) is 24.5 Å². The second-order valence-electron chi connectivity index (χ2n) is 12.0. The molecule has 0 spiro atoms. The van der Waals surface area contributed by atoms with E-state index in [1.165, 1.54) is 5.56 Å². The van der Waals surface area contributed by atoms with Gasteiger partial charge in [-0.05, 0) is 65.8 Å². The number of aromatic hydroxyl groups is 2. The van der Waals surface area contributed by atoms with Crippen LogP contribution in [0.15, 0.2) is 48.5 Å². The van der Waals surface area contributed by atoms with E-state index in [9.17, 15) is 15.3 Å². The summed E-state index contributed by atoms with van der Waals surface area (Å²) in [5.41, 5.74) is 7.32. The monoisotopic (exact) mass is 566 g/mol. The molecule has 0 aromatic heterocycles. The van der Waals surface area contributed by atoms with Crippen molar-refractivity contribution >= 4 is 10.8 Å². The Balaban J connectivity index is 1.41. The lowest BCUT2D eigenvalue weighted by atomic mass is 9.71. The maximum atomic E-state index is 11.7. The molecule has 1 aliphatic carbocycles. The molecule has 7 rings (SSSR count). The molecule has 2 aliphatic heterocycles. The molecule has 2 heterocycles. The topological polar surface area (TPSA) is 88.4 Å². The average molecular weight is 567 g/mol. The summed E-state index contributed by atoms with van der Waals surface area (Å²) in [5.74, 6) is 2.64. The Morgan fingerprint density at radius 3 is 2.57 bits per heavy atom. The normalized spacial score (nSPS) is 20.5. The van der Waals surface area contributed by atoms with Crippen molar-refractivity contribution in [3.63, 3.8) is 0 Å². The third kappa shape index (κ3) is 4.27. The SMILES string of the molecule is CCCCC[C@H]1Cc2cc(O)c3ccccc3c2-c2c(OC)cc3c(c21)C[C@@H](O)[C@H](c1ccc(O)c2c1CCCO2)O3. The average Bonchev–Trinajstić information content (AvgIpc) is 3.01. The van der Waals surface area contributed by atoms with Gasteiger partial charge in [0.1, 0.15) is 17.2 Å². The predicted molar refractivity (Wildman–Crippen MR) is 163 cm³/mol. The second-order valence-corrected chi connectivity index (χ2v) is 12.0. The molecule has 0 unspecified atom stereocenters. The van der Waals surface area contributed by atoms with E-state index in [0.717, 1.165) is 101 Å². The molecular formula is C36H38O6. The van der Waals surface area contributed by atoms with Crippen molar-refractivity contribution in [3.8, 4) is 39.9 Å². The molecule has 6 nitrogen and oxygen atoms in total. The van der Waals surface area contributed by atoms with E-state index in [1.54, 1.807) is 13.2 Å². The lowest BCUT2D eigenvalue weighted by Gasteiger charge is -2.38. The van der Waals surface area contributed by atoms with Crippen LogP contribution < -0.4 is 14.2 Å². The van der Waals surface area contributed by atoms with Gasteiger partial charge in [0.2, 0.25) is 0 Å². The lowest BCUT2D eigenvalue weighted by Crippen LogP contribution is -2.33. The molecular weight excluding hydrogens is 528 g/mol. The number of benzene rings is 4. The van der Waals surface area contributed by atoms with E-state index in [1.807, 2.05) is 36.4 Å². The molecule has 0 bridgehead atoms. The number of fused-ring (bicyclic) bond motifs is 8. The largest absolute Gasteiger partial charge is 0.507 e. The fourth-order valence-corrected chi connectivity index (χ4v) is 7.54.